The summed E-state index contributed by atoms with van der Waals surface area (Å²) >= 11 is 6.09. The van der Waals surface area contributed by atoms with E-state index in [1.54, 1.807) is 30.5 Å². The molecule has 1 heterocycles. The topological polar surface area (TPSA) is 63.7 Å². The molecule has 0 radical (unpaired) electrons. The summed E-state index contributed by atoms with van der Waals surface area (Å²) in [5.41, 5.74) is 0.989. The lowest BCUT2D eigenvalue weighted by Crippen LogP contribution is -2.23. The second-order valence-electron chi connectivity index (χ2n) is 5.22. The van der Waals surface area contributed by atoms with Crippen LogP contribution < -0.4 is 19.7 Å². The maximum Gasteiger partial charge on any atom is 0.255 e. The van der Waals surface area contributed by atoms with E-state index in [1.165, 1.54) is 14.2 Å². The Balaban J connectivity index is 2.29. The molecule has 6 nitrogen and oxygen atoms in total. The average molecular weight is 364 g/mol. The number of nitrogens with zero attached hydrogens (tertiary/aromatic N) is 2. The highest BCUT2D eigenvalue weighted by Gasteiger charge is 2.15. The van der Waals surface area contributed by atoms with E-state index in [1.807, 2.05) is 13.8 Å². The van der Waals surface area contributed by atoms with E-state index in [4.69, 9.17) is 21.1 Å². The minimum absolute atomic E-state index is 0.265. The number of rotatable bonds is 7. The number of ether oxygens (including phenoxy) is 2. The third-order valence-corrected chi connectivity index (χ3v) is 4.11. The molecular weight excluding hydrogens is 342 g/mol. The van der Waals surface area contributed by atoms with Crippen LogP contribution in [0.3, 0.4) is 0 Å². The molecule has 0 saturated carbocycles. The Morgan fingerprint density at radius 3 is 2.44 bits per heavy atom. The summed E-state index contributed by atoms with van der Waals surface area (Å²) in [6.07, 6.45) is 1.63. The van der Waals surface area contributed by atoms with Gasteiger partial charge in [0.2, 0.25) is 0 Å². The van der Waals surface area contributed by atoms with Crippen LogP contribution in [0.4, 0.5) is 11.5 Å². The Kier molecular flexibility index (Phi) is 6.47. The lowest BCUT2D eigenvalue weighted by atomic mass is 10.2. The molecule has 7 heteroatoms. The minimum atomic E-state index is -0.265. The van der Waals surface area contributed by atoms with Gasteiger partial charge in [0, 0.05) is 37.0 Å². The van der Waals surface area contributed by atoms with Gasteiger partial charge in [-0.2, -0.15) is 0 Å². The summed E-state index contributed by atoms with van der Waals surface area (Å²) in [6.45, 7) is 5.72. The van der Waals surface area contributed by atoms with Crippen LogP contribution in [-0.4, -0.2) is 38.2 Å². The smallest absolute Gasteiger partial charge is 0.255 e. The predicted molar refractivity (Wildman–Crippen MR) is 100 cm³/mol. The third kappa shape index (κ3) is 4.33. The standard InChI is InChI=1S/C18H22ClN3O3/c1-5-22(6-2)17-9-12(7-8-20-17)18(23)21-14-11-15(24-3)13(19)10-16(14)25-4/h7-11H,5-6H2,1-4H3,(H,21,23). The second kappa shape index (κ2) is 8.58. The predicted octanol–water partition coefficient (Wildman–Crippen LogP) is 3.85. The summed E-state index contributed by atoms with van der Waals surface area (Å²) in [5.74, 6) is 1.41. The van der Waals surface area contributed by atoms with Gasteiger partial charge in [0.05, 0.1) is 24.9 Å². The molecular formula is C18H22ClN3O3. The zero-order chi connectivity index (χ0) is 18.4. The number of carbonyl (C=O) groups excluding carboxylic acids is 1. The molecule has 0 unspecified atom stereocenters. The Morgan fingerprint density at radius 1 is 1.16 bits per heavy atom. The van der Waals surface area contributed by atoms with Crippen LogP contribution in [0.5, 0.6) is 11.5 Å². The molecule has 1 aromatic carbocycles. The van der Waals surface area contributed by atoms with E-state index in [0.717, 1.165) is 18.9 Å². The molecule has 0 aliphatic heterocycles. The fourth-order valence-electron chi connectivity index (χ4n) is 2.43. The first-order valence-corrected chi connectivity index (χ1v) is 8.35. The van der Waals surface area contributed by atoms with Gasteiger partial charge in [-0.3, -0.25) is 4.79 Å². The molecule has 0 aliphatic carbocycles. The summed E-state index contributed by atoms with van der Waals surface area (Å²) in [6, 6.07) is 6.67. The first kappa shape index (κ1) is 18.9. The number of benzene rings is 1. The van der Waals surface area contributed by atoms with Gasteiger partial charge in [-0.1, -0.05) is 11.6 Å². The first-order chi connectivity index (χ1) is 12.0. The molecule has 1 amide bonds. The molecule has 1 aromatic heterocycles. The molecule has 134 valence electrons. The molecule has 0 atom stereocenters. The summed E-state index contributed by atoms with van der Waals surface area (Å²) in [7, 11) is 3.03. The SMILES string of the molecule is CCN(CC)c1cc(C(=O)Nc2cc(OC)c(Cl)cc2OC)ccn1. The van der Waals surface area contributed by atoms with Crippen molar-refractivity contribution >= 4 is 29.0 Å². The van der Waals surface area contributed by atoms with Crippen LogP contribution in [0.1, 0.15) is 24.2 Å². The Hall–Kier alpha value is -2.47. The van der Waals surface area contributed by atoms with Gasteiger partial charge in [0.25, 0.3) is 5.91 Å². The van der Waals surface area contributed by atoms with Crippen molar-refractivity contribution in [3.8, 4) is 11.5 Å². The molecule has 0 bridgehead atoms. The van der Waals surface area contributed by atoms with Crippen molar-refractivity contribution in [2.75, 3.05) is 37.5 Å². The number of anilines is 2. The highest BCUT2D eigenvalue weighted by Crippen LogP contribution is 2.36. The number of hydrogen-bond donors (Lipinski definition) is 1. The van der Waals surface area contributed by atoms with E-state index in [2.05, 4.69) is 15.2 Å². The van der Waals surface area contributed by atoms with E-state index in [0.29, 0.717) is 27.8 Å². The fraction of sp³-hybridized carbons (Fsp3) is 0.333. The number of hydrogen-bond acceptors (Lipinski definition) is 5. The van der Waals surface area contributed by atoms with E-state index in [-0.39, 0.29) is 5.91 Å². The van der Waals surface area contributed by atoms with E-state index >= 15 is 0 Å². The normalized spacial score (nSPS) is 10.3. The van der Waals surface area contributed by atoms with Crippen molar-refractivity contribution in [3.05, 3.63) is 41.0 Å². The minimum Gasteiger partial charge on any atom is -0.495 e. The van der Waals surface area contributed by atoms with Gasteiger partial charge in [-0.15, -0.1) is 0 Å². The number of pyridine rings is 1. The third-order valence-electron chi connectivity index (χ3n) is 3.82. The molecule has 0 saturated heterocycles. The lowest BCUT2D eigenvalue weighted by molar-refractivity contribution is 0.102. The van der Waals surface area contributed by atoms with Crippen LogP contribution in [0.25, 0.3) is 0 Å². The first-order valence-electron chi connectivity index (χ1n) is 7.97. The molecule has 1 N–H and O–H groups in total. The molecule has 0 fully saturated rings. The highest BCUT2D eigenvalue weighted by molar-refractivity contribution is 6.32. The van der Waals surface area contributed by atoms with Gasteiger partial charge in [-0.25, -0.2) is 4.98 Å². The van der Waals surface area contributed by atoms with E-state index in [9.17, 15) is 4.79 Å². The monoisotopic (exact) mass is 363 g/mol. The van der Waals surface area contributed by atoms with E-state index < -0.39 is 0 Å². The van der Waals surface area contributed by atoms with Crippen molar-refractivity contribution in [2.45, 2.75) is 13.8 Å². The van der Waals surface area contributed by atoms with Crippen LogP contribution >= 0.6 is 11.6 Å². The van der Waals surface area contributed by atoms with Gasteiger partial charge in [-0.05, 0) is 26.0 Å². The Labute approximate surface area is 152 Å². The van der Waals surface area contributed by atoms with Crippen LogP contribution in [0.15, 0.2) is 30.5 Å². The van der Waals surface area contributed by atoms with Gasteiger partial charge >= 0.3 is 0 Å². The zero-order valence-electron chi connectivity index (χ0n) is 14.8. The maximum atomic E-state index is 12.6. The summed E-state index contributed by atoms with van der Waals surface area (Å²) in [5, 5.41) is 3.24. The molecule has 2 rings (SSSR count). The number of carbonyl (C=O) groups is 1. The van der Waals surface area contributed by atoms with Crippen molar-refractivity contribution < 1.29 is 14.3 Å². The Bertz CT molecular complexity index is 748. The number of aromatic nitrogens is 1. The second-order valence-corrected chi connectivity index (χ2v) is 5.62. The largest absolute Gasteiger partial charge is 0.495 e. The summed E-state index contributed by atoms with van der Waals surface area (Å²) < 4.78 is 10.5. The fourth-order valence-corrected chi connectivity index (χ4v) is 2.66. The number of halogens is 1. The van der Waals surface area contributed by atoms with Crippen LogP contribution in [-0.2, 0) is 0 Å². The number of nitrogens with one attached hydrogen (secondary N) is 1. The lowest BCUT2D eigenvalue weighted by Gasteiger charge is -2.20. The van der Waals surface area contributed by atoms with Crippen molar-refractivity contribution in [2.24, 2.45) is 0 Å². The van der Waals surface area contributed by atoms with Crippen molar-refractivity contribution in [1.29, 1.82) is 0 Å². The van der Waals surface area contributed by atoms with Crippen LogP contribution in [0, 0.1) is 0 Å². The Morgan fingerprint density at radius 2 is 1.84 bits per heavy atom. The van der Waals surface area contributed by atoms with Crippen molar-refractivity contribution in [3.63, 3.8) is 0 Å². The molecule has 0 spiro atoms. The average Bonchev–Trinajstić information content (AvgIpc) is 2.64. The zero-order valence-corrected chi connectivity index (χ0v) is 15.6. The molecule has 25 heavy (non-hydrogen) atoms. The molecule has 2 aromatic rings. The van der Waals surface area contributed by atoms with Crippen LogP contribution in [0.2, 0.25) is 5.02 Å². The van der Waals surface area contributed by atoms with Gasteiger partial charge in [0.15, 0.2) is 0 Å². The highest BCUT2D eigenvalue weighted by atomic mass is 35.5. The maximum absolute atomic E-state index is 12.6. The van der Waals surface area contributed by atoms with Crippen molar-refractivity contribution in [1.82, 2.24) is 4.98 Å². The molecule has 0 aliphatic rings. The summed E-state index contributed by atoms with van der Waals surface area (Å²) in [4.78, 5) is 19.0. The van der Waals surface area contributed by atoms with Gasteiger partial charge < -0.3 is 19.7 Å². The van der Waals surface area contributed by atoms with Gasteiger partial charge in [0.1, 0.15) is 17.3 Å². The number of methoxy groups -OCH3 is 2. The number of amides is 1. The quantitative estimate of drug-likeness (QED) is 0.809.